The Morgan fingerprint density at radius 2 is 2.60 bits per heavy atom. The third-order valence-corrected chi connectivity index (χ3v) is 1.69. The number of rotatable bonds is 1. The van der Waals surface area contributed by atoms with E-state index in [4.69, 9.17) is 16.9 Å². The highest BCUT2D eigenvalue weighted by Crippen LogP contribution is 2.13. The molecule has 3 nitrogen and oxygen atoms in total. The first-order chi connectivity index (χ1) is 4.75. The largest absolute Gasteiger partial charge is 0.257 e. The van der Waals surface area contributed by atoms with Gasteiger partial charge in [0, 0.05) is 12.6 Å². The molecule has 4 heteroatoms. The van der Waals surface area contributed by atoms with Crippen molar-refractivity contribution in [2.24, 2.45) is 7.05 Å². The summed E-state index contributed by atoms with van der Waals surface area (Å²) in [7, 11) is 1.74. The van der Waals surface area contributed by atoms with Crippen LogP contribution in [-0.2, 0) is 13.5 Å². The van der Waals surface area contributed by atoms with Crippen molar-refractivity contribution < 1.29 is 0 Å². The van der Waals surface area contributed by atoms with Crippen LogP contribution >= 0.6 is 11.6 Å². The molecule has 0 N–H and O–H groups in total. The van der Waals surface area contributed by atoms with Crippen molar-refractivity contribution in [3.63, 3.8) is 0 Å². The molecule has 0 aromatic carbocycles. The third-order valence-electron chi connectivity index (χ3n) is 1.21. The molecule has 0 saturated heterocycles. The van der Waals surface area contributed by atoms with Gasteiger partial charge in [-0.05, 0) is 0 Å². The van der Waals surface area contributed by atoms with Gasteiger partial charge in [-0.2, -0.15) is 10.4 Å². The standard InChI is InChI=1S/C6H6ClN3/c1-10-6(7)5(2-3-8)4-9-10/h4H,2H2,1H3. The second-order valence-corrected chi connectivity index (χ2v) is 2.28. The van der Waals surface area contributed by atoms with Gasteiger partial charge < -0.3 is 0 Å². The smallest absolute Gasteiger partial charge is 0.130 e. The van der Waals surface area contributed by atoms with Gasteiger partial charge in [0.2, 0.25) is 0 Å². The first-order valence-corrected chi connectivity index (χ1v) is 3.17. The first-order valence-electron chi connectivity index (χ1n) is 2.79. The van der Waals surface area contributed by atoms with Crippen molar-refractivity contribution in [1.82, 2.24) is 9.78 Å². The molecule has 0 aliphatic heterocycles. The van der Waals surface area contributed by atoms with E-state index in [1.54, 1.807) is 13.2 Å². The van der Waals surface area contributed by atoms with E-state index >= 15 is 0 Å². The van der Waals surface area contributed by atoms with Crippen molar-refractivity contribution in [2.75, 3.05) is 0 Å². The molecule has 0 aliphatic rings. The summed E-state index contributed by atoms with van der Waals surface area (Å²) >= 11 is 5.74. The number of aryl methyl sites for hydroxylation is 1. The van der Waals surface area contributed by atoms with Gasteiger partial charge in [0.25, 0.3) is 0 Å². The van der Waals surface area contributed by atoms with Crippen LogP contribution in [0, 0.1) is 11.3 Å². The van der Waals surface area contributed by atoms with Gasteiger partial charge in [-0.15, -0.1) is 0 Å². The summed E-state index contributed by atoms with van der Waals surface area (Å²) in [6, 6.07) is 2.00. The molecule has 0 aliphatic carbocycles. The molecule has 0 unspecified atom stereocenters. The average Bonchev–Trinajstić information content (AvgIpc) is 2.20. The lowest BCUT2D eigenvalue weighted by Gasteiger charge is -1.90. The minimum absolute atomic E-state index is 0.326. The van der Waals surface area contributed by atoms with E-state index in [1.165, 1.54) is 4.68 Å². The maximum atomic E-state index is 8.31. The summed E-state index contributed by atoms with van der Waals surface area (Å²) in [6.07, 6.45) is 1.93. The van der Waals surface area contributed by atoms with Crippen LogP contribution in [0.2, 0.25) is 5.15 Å². The molecule has 1 heterocycles. The van der Waals surface area contributed by atoms with Gasteiger partial charge in [0.1, 0.15) is 5.15 Å². The average molecular weight is 156 g/mol. The summed E-state index contributed by atoms with van der Waals surface area (Å²) in [5.74, 6) is 0. The van der Waals surface area contributed by atoms with E-state index in [0.717, 1.165) is 5.56 Å². The van der Waals surface area contributed by atoms with Crippen LogP contribution in [0.5, 0.6) is 0 Å². The van der Waals surface area contributed by atoms with E-state index in [-0.39, 0.29) is 0 Å². The van der Waals surface area contributed by atoms with Crippen molar-refractivity contribution in [1.29, 1.82) is 5.26 Å². The molecule has 1 rings (SSSR count). The van der Waals surface area contributed by atoms with Crippen molar-refractivity contribution in [3.8, 4) is 6.07 Å². The molecule has 1 aromatic heterocycles. The zero-order chi connectivity index (χ0) is 7.56. The minimum atomic E-state index is 0.326. The highest BCUT2D eigenvalue weighted by Gasteiger charge is 2.03. The van der Waals surface area contributed by atoms with E-state index in [1.807, 2.05) is 6.07 Å². The van der Waals surface area contributed by atoms with Gasteiger partial charge in [-0.25, -0.2) is 0 Å². The van der Waals surface area contributed by atoms with Gasteiger partial charge in [-0.3, -0.25) is 4.68 Å². The van der Waals surface area contributed by atoms with Crippen LogP contribution in [0.25, 0.3) is 0 Å². The van der Waals surface area contributed by atoms with Crippen molar-refractivity contribution >= 4 is 11.6 Å². The second kappa shape index (κ2) is 2.72. The third kappa shape index (κ3) is 1.12. The molecular weight excluding hydrogens is 150 g/mol. The number of aromatic nitrogens is 2. The Morgan fingerprint density at radius 3 is 3.00 bits per heavy atom. The monoisotopic (exact) mass is 155 g/mol. The Balaban J connectivity index is 2.96. The maximum absolute atomic E-state index is 8.31. The maximum Gasteiger partial charge on any atom is 0.130 e. The summed E-state index contributed by atoms with van der Waals surface area (Å²) < 4.78 is 1.54. The van der Waals surface area contributed by atoms with Gasteiger partial charge in [-0.1, -0.05) is 11.6 Å². The first kappa shape index (κ1) is 7.10. The Kier molecular flexibility index (Phi) is 1.93. The summed E-state index contributed by atoms with van der Waals surface area (Å²) in [5, 5.41) is 12.7. The Labute approximate surface area is 63.8 Å². The van der Waals surface area contributed by atoms with Crippen LogP contribution in [0.1, 0.15) is 5.56 Å². The van der Waals surface area contributed by atoms with Crippen LogP contribution in [-0.4, -0.2) is 9.78 Å². The highest BCUT2D eigenvalue weighted by molar-refractivity contribution is 6.30. The molecule has 0 bridgehead atoms. The number of hydrogen-bond donors (Lipinski definition) is 0. The summed E-state index contributed by atoms with van der Waals surface area (Å²) in [6.45, 7) is 0. The zero-order valence-electron chi connectivity index (χ0n) is 5.50. The van der Waals surface area contributed by atoms with Crippen LogP contribution in [0.3, 0.4) is 0 Å². The number of hydrogen-bond acceptors (Lipinski definition) is 2. The van der Waals surface area contributed by atoms with Gasteiger partial charge in [0.15, 0.2) is 0 Å². The van der Waals surface area contributed by atoms with E-state index < -0.39 is 0 Å². The van der Waals surface area contributed by atoms with E-state index in [0.29, 0.717) is 11.6 Å². The number of nitrogens with zero attached hydrogens (tertiary/aromatic N) is 3. The molecule has 0 saturated carbocycles. The molecule has 52 valence electrons. The molecular formula is C6H6ClN3. The lowest BCUT2D eigenvalue weighted by molar-refractivity contribution is 0.768. The topological polar surface area (TPSA) is 41.6 Å². The van der Waals surface area contributed by atoms with Gasteiger partial charge >= 0.3 is 0 Å². The fourth-order valence-electron chi connectivity index (χ4n) is 0.672. The summed E-state index contributed by atoms with van der Waals surface area (Å²) in [5.41, 5.74) is 0.784. The van der Waals surface area contributed by atoms with Crippen LogP contribution in [0.4, 0.5) is 0 Å². The fourth-order valence-corrected chi connectivity index (χ4v) is 0.831. The second-order valence-electron chi connectivity index (χ2n) is 1.92. The Morgan fingerprint density at radius 1 is 1.90 bits per heavy atom. The minimum Gasteiger partial charge on any atom is -0.257 e. The number of halogens is 1. The molecule has 0 spiro atoms. The molecule has 0 radical (unpaired) electrons. The number of nitriles is 1. The SMILES string of the molecule is Cn1ncc(CC#N)c1Cl. The zero-order valence-corrected chi connectivity index (χ0v) is 6.26. The molecule has 10 heavy (non-hydrogen) atoms. The van der Waals surface area contributed by atoms with E-state index in [9.17, 15) is 0 Å². The molecule has 1 aromatic rings. The quantitative estimate of drug-likeness (QED) is 0.610. The van der Waals surface area contributed by atoms with E-state index in [2.05, 4.69) is 5.10 Å². The molecule has 0 atom stereocenters. The fraction of sp³-hybridized carbons (Fsp3) is 0.333. The predicted octanol–water partition coefficient (Wildman–Crippen LogP) is 1.14. The lowest BCUT2D eigenvalue weighted by atomic mass is 10.3. The van der Waals surface area contributed by atoms with Crippen LogP contribution in [0.15, 0.2) is 6.20 Å². The lowest BCUT2D eigenvalue weighted by Crippen LogP contribution is -1.88. The van der Waals surface area contributed by atoms with Gasteiger partial charge in [0.05, 0.1) is 18.7 Å². The molecule has 0 fully saturated rings. The molecule has 0 amide bonds. The van der Waals surface area contributed by atoms with Crippen molar-refractivity contribution in [3.05, 3.63) is 16.9 Å². The van der Waals surface area contributed by atoms with Crippen molar-refractivity contribution in [2.45, 2.75) is 6.42 Å². The predicted molar refractivity (Wildman–Crippen MR) is 37.5 cm³/mol. The Bertz CT molecular complexity index is 271. The Hall–Kier alpha value is -1.01. The normalized spacial score (nSPS) is 9.30. The van der Waals surface area contributed by atoms with Crippen LogP contribution < -0.4 is 0 Å². The summed E-state index contributed by atoms with van der Waals surface area (Å²) in [4.78, 5) is 0. The highest BCUT2D eigenvalue weighted by atomic mass is 35.5.